The minimum absolute atomic E-state index is 0.0487. The van der Waals surface area contributed by atoms with Gasteiger partial charge in [0, 0.05) is 24.4 Å². The largest absolute Gasteiger partial charge is 0.496 e. The number of hydrogen-bond donors (Lipinski definition) is 1. The van der Waals surface area contributed by atoms with Gasteiger partial charge in [0.1, 0.15) is 23.9 Å². The zero-order valence-corrected chi connectivity index (χ0v) is 20.7. The van der Waals surface area contributed by atoms with Crippen LogP contribution in [-0.4, -0.2) is 44.0 Å². The van der Waals surface area contributed by atoms with Crippen molar-refractivity contribution in [3.05, 3.63) is 82.0 Å². The summed E-state index contributed by atoms with van der Waals surface area (Å²) in [7, 11) is 5.95. The molecule has 0 saturated carbocycles. The number of ether oxygens (including phenoxy) is 4. The summed E-state index contributed by atoms with van der Waals surface area (Å²) in [6, 6.07) is 14.3. The number of nitrogens with one attached hydrogen (secondary N) is 1. The highest BCUT2D eigenvalue weighted by atomic mass is 16.5. The molecule has 0 saturated heterocycles. The summed E-state index contributed by atoms with van der Waals surface area (Å²) in [6.45, 7) is 2.12. The molecule has 0 aliphatic carbocycles. The molecule has 0 unspecified atom stereocenters. The smallest absolute Gasteiger partial charge is 0.357 e. The van der Waals surface area contributed by atoms with Gasteiger partial charge < -0.3 is 24.4 Å². The van der Waals surface area contributed by atoms with E-state index in [1.165, 1.54) is 11.8 Å². The van der Waals surface area contributed by atoms with Crippen molar-refractivity contribution in [3.63, 3.8) is 0 Å². The molecular weight excluding hydrogens is 462 g/mol. The summed E-state index contributed by atoms with van der Waals surface area (Å²) >= 11 is 0. The summed E-state index contributed by atoms with van der Waals surface area (Å²) in [5.74, 6) is 0.966. The SMILES string of the molecule is CNn1c(C(=O)OC)c(-c2cc(OC)c(C)c(OC)c2)c2ccc(OCc3ccccn3)cc2c1=O. The fourth-order valence-corrected chi connectivity index (χ4v) is 4.14. The number of esters is 1. The third-order valence-corrected chi connectivity index (χ3v) is 5.91. The molecule has 2 aromatic heterocycles. The second-order valence-corrected chi connectivity index (χ2v) is 7.90. The Morgan fingerprint density at radius 3 is 2.31 bits per heavy atom. The van der Waals surface area contributed by atoms with Gasteiger partial charge in [-0.2, -0.15) is 0 Å². The van der Waals surface area contributed by atoms with Crippen molar-refractivity contribution in [3.8, 4) is 28.4 Å². The molecule has 4 aromatic rings. The van der Waals surface area contributed by atoms with E-state index >= 15 is 0 Å². The van der Waals surface area contributed by atoms with Crippen molar-refractivity contribution >= 4 is 16.7 Å². The normalized spacial score (nSPS) is 10.7. The van der Waals surface area contributed by atoms with E-state index in [9.17, 15) is 9.59 Å². The van der Waals surface area contributed by atoms with Crippen LogP contribution in [0.2, 0.25) is 0 Å². The van der Waals surface area contributed by atoms with Crippen molar-refractivity contribution in [1.82, 2.24) is 9.66 Å². The Morgan fingerprint density at radius 1 is 1.00 bits per heavy atom. The fraction of sp³-hybridized carbons (Fsp3) is 0.222. The minimum Gasteiger partial charge on any atom is -0.496 e. The van der Waals surface area contributed by atoms with Crippen molar-refractivity contribution < 1.29 is 23.7 Å². The summed E-state index contributed by atoms with van der Waals surface area (Å²) in [5.41, 5.74) is 5.10. The van der Waals surface area contributed by atoms with Gasteiger partial charge in [-0.25, -0.2) is 9.47 Å². The van der Waals surface area contributed by atoms with Crippen LogP contribution < -0.4 is 25.2 Å². The lowest BCUT2D eigenvalue weighted by Gasteiger charge is -2.20. The van der Waals surface area contributed by atoms with Gasteiger partial charge in [0.25, 0.3) is 5.56 Å². The molecule has 0 spiro atoms. The summed E-state index contributed by atoms with van der Waals surface area (Å²) < 4.78 is 23.2. The lowest BCUT2D eigenvalue weighted by atomic mass is 9.95. The third-order valence-electron chi connectivity index (χ3n) is 5.91. The molecule has 1 N–H and O–H groups in total. The molecule has 0 amide bonds. The number of nitrogens with zero attached hydrogens (tertiary/aromatic N) is 2. The molecule has 9 heteroatoms. The van der Waals surface area contributed by atoms with Crippen molar-refractivity contribution in [1.29, 1.82) is 0 Å². The van der Waals surface area contributed by atoms with E-state index in [0.717, 1.165) is 11.3 Å². The Hall–Kier alpha value is -4.53. The number of fused-ring (bicyclic) bond motifs is 1. The van der Waals surface area contributed by atoms with E-state index < -0.39 is 11.5 Å². The van der Waals surface area contributed by atoms with Gasteiger partial charge in [-0.15, -0.1) is 0 Å². The van der Waals surface area contributed by atoms with Gasteiger partial charge in [-0.1, -0.05) is 6.07 Å². The number of carbonyl (C=O) groups excluding carboxylic acids is 1. The van der Waals surface area contributed by atoms with Crippen molar-refractivity contribution in [2.24, 2.45) is 0 Å². The topological polar surface area (TPSA) is 101 Å². The maximum atomic E-state index is 13.5. The molecular formula is C27H27N3O6. The number of pyridine rings is 2. The molecule has 9 nitrogen and oxygen atoms in total. The molecule has 2 aromatic carbocycles. The highest BCUT2D eigenvalue weighted by Crippen LogP contribution is 2.39. The van der Waals surface area contributed by atoms with Gasteiger partial charge in [-0.3, -0.25) is 9.78 Å². The summed E-state index contributed by atoms with van der Waals surface area (Å²) in [5, 5.41) is 0.897. The second kappa shape index (κ2) is 10.4. The summed E-state index contributed by atoms with van der Waals surface area (Å²) in [4.78, 5) is 30.7. The maximum absolute atomic E-state index is 13.5. The molecule has 0 radical (unpaired) electrons. The van der Waals surface area contributed by atoms with Gasteiger partial charge in [-0.05, 0) is 60.3 Å². The number of rotatable bonds is 8. The van der Waals surface area contributed by atoms with E-state index in [4.69, 9.17) is 18.9 Å². The second-order valence-electron chi connectivity index (χ2n) is 7.90. The number of methoxy groups -OCH3 is 3. The first kappa shape index (κ1) is 24.6. The average Bonchev–Trinajstić information content (AvgIpc) is 2.92. The Kier molecular flexibility index (Phi) is 7.10. The van der Waals surface area contributed by atoms with Gasteiger partial charge in [0.2, 0.25) is 0 Å². The van der Waals surface area contributed by atoms with E-state index in [1.54, 1.807) is 57.8 Å². The number of aromatic nitrogens is 2. The molecule has 0 fully saturated rings. The fourth-order valence-electron chi connectivity index (χ4n) is 4.14. The maximum Gasteiger partial charge on any atom is 0.357 e. The van der Waals surface area contributed by atoms with E-state index in [0.29, 0.717) is 39.1 Å². The van der Waals surface area contributed by atoms with Crippen molar-refractivity contribution in [2.45, 2.75) is 13.5 Å². The predicted octanol–water partition coefficient (Wildman–Crippen LogP) is 3.93. The zero-order chi connectivity index (χ0) is 25.8. The molecule has 0 bridgehead atoms. The Morgan fingerprint density at radius 2 is 1.72 bits per heavy atom. The molecule has 36 heavy (non-hydrogen) atoms. The predicted molar refractivity (Wildman–Crippen MR) is 137 cm³/mol. The number of benzene rings is 2. The van der Waals surface area contributed by atoms with Crippen LogP contribution in [0.1, 0.15) is 21.7 Å². The van der Waals surface area contributed by atoms with E-state index in [1.807, 2.05) is 25.1 Å². The van der Waals surface area contributed by atoms with Crippen molar-refractivity contribution in [2.75, 3.05) is 33.8 Å². The van der Waals surface area contributed by atoms with Crippen LogP contribution in [0.4, 0.5) is 0 Å². The number of hydrogen-bond acceptors (Lipinski definition) is 8. The van der Waals surface area contributed by atoms with Gasteiger partial charge in [0.05, 0.1) is 32.4 Å². The van der Waals surface area contributed by atoms with Crippen LogP contribution in [0.15, 0.2) is 59.5 Å². The summed E-state index contributed by atoms with van der Waals surface area (Å²) in [6.07, 6.45) is 1.69. The van der Waals surface area contributed by atoms with E-state index in [-0.39, 0.29) is 12.3 Å². The highest BCUT2D eigenvalue weighted by molar-refractivity contribution is 6.07. The minimum atomic E-state index is -0.674. The molecule has 0 aliphatic heterocycles. The van der Waals surface area contributed by atoms with Gasteiger partial charge in [0.15, 0.2) is 5.69 Å². The van der Waals surface area contributed by atoms with E-state index in [2.05, 4.69) is 10.4 Å². The lowest BCUT2D eigenvalue weighted by molar-refractivity contribution is 0.0590. The third kappa shape index (κ3) is 4.43. The average molecular weight is 490 g/mol. The van der Waals surface area contributed by atoms with Crippen LogP contribution in [0.25, 0.3) is 21.9 Å². The molecule has 2 heterocycles. The lowest BCUT2D eigenvalue weighted by Crippen LogP contribution is -2.33. The Balaban J connectivity index is 1.99. The Bertz CT molecular complexity index is 1460. The molecule has 0 atom stereocenters. The zero-order valence-electron chi connectivity index (χ0n) is 20.7. The highest BCUT2D eigenvalue weighted by Gasteiger charge is 2.25. The van der Waals surface area contributed by atoms with Crippen LogP contribution in [0.5, 0.6) is 17.2 Å². The standard InChI is InChI=1S/C27H27N3O6/c1-16-22(33-3)12-17(13-23(16)34-4)24-20-10-9-19(36-15-18-8-6-7-11-29-18)14-21(20)26(31)30(28-2)25(24)27(32)35-5/h6-14,28H,15H2,1-5H3. The first-order chi connectivity index (χ1) is 17.4. The Labute approximate surface area is 208 Å². The molecule has 0 aliphatic rings. The van der Waals surface area contributed by atoms with Crippen LogP contribution in [0, 0.1) is 6.92 Å². The van der Waals surface area contributed by atoms with Crippen LogP contribution in [0.3, 0.4) is 0 Å². The first-order valence-electron chi connectivity index (χ1n) is 11.2. The monoisotopic (exact) mass is 489 g/mol. The molecule has 186 valence electrons. The van der Waals surface area contributed by atoms with Crippen LogP contribution >= 0.6 is 0 Å². The van der Waals surface area contributed by atoms with Gasteiger partial charge >= 0.3 is 5.97 Å². The quantitative estimate of drug-likeness (QED) is 0.372. The number of carbonyl (C=O) groups is 1. The molecule has 4 rings (SSSR count). The first-order valence-corrected chi connectivity index (χ1v) is 11.2. The van der Waals surface area contributed by atoms with Crippen LogP contribution in [-0.2, 0) is 11.3 Å².